The van der Waals surface area contributed by atoms with Crippen molar-refractivity contribution in [2.45, 2.75) is 88.4 Å². The highest BCUT2D eigenvalue weighted by Crippen LogP contribution is 2.41. The molecule has 3 fully saturated rings. The molecule has 7 heteroatoms. The van der Waals surface area contributed by atoms with Gasteiger partial charge < -0.3 is 10.2 Å². The Morgan fingerprint density at radius 3 is 2.52 bits per heavy atom. The smallest absolute Gasteiger partial charge is 0.228 e. The van der Waals surface area contributed by atoms with Crippen molar-refractivity contribution in [2.75, 3.05) is 23.7 Å². The maximum Gasteiger partial charge on any atom is 0.228 e. The number of rotatable bonds is 7. The molecule has 4 rings (SSSR count). The van der Waals surface area contributed by atoms with Gasteiger partial charge >= 0.3 is 0 Å². The predicted molar refractivity (Wildman–Crippen MR) is 109 cm³/mol. The van der Waals surface area contributed by atoms with Crippen LogP contribution >= 0.6 is 11.8 Å². The van der Waals surface area contributed by atoms with E-state index < -0.39 is 0 Å². The van der Waals surface area contributed by atoms with Gasteiger partial charge in [0.15, 0.2) is 5.16 Å². The Balaban J connectivity index is 1.30. The summed E-state index contributed by atoms with van der Waals surface area (Å²) in [6.07, 6.45) is 11.6. The van der Waals surface area contributed by atoms with Gasteiger partial charge in [-0.05, 0) is 44.4 Å². The highest BCUT2D eigenvalue weighted by atomic mass is 32.2. The number of aromatic nitrogens is 3. The summed E-state index contributed by atoms with van der Waals surface area (Å²) in [5.41, 5.74) is 0. The van der Waals surface area contributed by atoms with E-state index in [1.165, 1.54) is 44.9 Å². The summed E-state index contributed by atoms with van der Waals surface area (Å²) >= 11 is 1.69. The standard InChI is InChI=1S/C20H33N5OS/c1-15-9-12-24(13-10-15)19-22-23-20(25(19)17-7-8-17)27-14-11-18(26)21-16-5-3-2-4-6-16/h15-17H,2-14H2,1H3,(H,21,26). The van der Waals surface area contributed by atoms with Gasteiger partial charge in [0.2, 0.25) is 11.9 Å². The molecule has 2 aliphatic carbocycles. The molecular formula is C20H33N5OS. The van der Waals surface area contributed by atoms with Crippen molar-refractivity contribution in [1.29, 1.82) is 0 Å². The molecule has 0 atom stereocenters. The van der Waals surface area contributed by atoms with E-state index in [2.05, 4.69) is 31.9 Å². The van der Waals surface area contributed by atoms with Crippen molar-refractivity contribution >= 4 is 23.6 Å². The molecule has 0 bridgehead atoms. The number of hydrogen-bond acceptors (Lipinski definition) is 5. The number of piperidine rings is 1. The van der Waals surface area contributed by atoms with Crippen molar-refractivity contribution in [3.05, 3.63) is 0 Å². The Bertz CT molecular complexity index is 630. The highest BCUT2D eigenvalue weighted by Gasteiger charge is 2.32. The zero-order chi connectivity index (χ0) is 18.6. The molecule has 3 aliphatic rings. The second-order valence-electron chi connectivity index (χ2n) is 8.55. The number of carbonyl (C=O) groups is 1. The van der Waals surface area contributed by atoms with E-state index >= 15 is 0 Å². The second kappa shape index (κ2) is 8.84. The van der Waals surface area contributed by atoms with E-state index in [-0.39, 0.29) is 5.91 Å². The molecule has 1 aromatic rings. The van der Waals surface area contributed by atoms with Gasteiger partial charge in [-0.25, -0.2) is 0 Å². The topological polar surface area (TPSA) is 63.1 Å². The van der Waals surface area contributed by atoms with Gasteiger partial charge in [0, 0.05) is 37.3 Å². The lowest BCUT2D eigenvalue weighted by atomic mass is 9.95. The van der Waals surface area contributed by atoms with Gasteiger partial charge in [0.25, 0.3) is 0 Å². The second-order valence-corrected chi connectivity index (χ2v) is 9.62. The summed E-state index contributed by atoms with van der Waals surface area (Å²) in [5, 5.41) is 13.2. The SMILES string of the molecule is CC1CCN(c2nnc(SCCC(=O)NC3CCCCC3)n2C2CC2)CC1. The van der Waals surface area contributed by atoms with Crippen LogP contribution in [0.2, 0.25) is 0 Å². The Kier molecular flexibility index (Phi) is 6.25. The highest BCUT2D eigenvalue weighted by molar-refractivity contribution is 7.99. The van der Waals surface area contributed by atoms with E-state index in [0.29, 0.717) is 18.5 Å². The molecule has 2 saturated carbocycles. The van der Waals surface area contributed by atoms with Crippen LogP contribution in [-0.2, 0) is 4.79 Å². The monoisotopic (exact) mass is 391 g/mol. The molecule has 0 unspecified atom stereocenters. The fourth-order valence-electron chi connectivity index (χ4n) is 4.23. The number of carbonyl (C=O) groups excluding carboxylic acids is 1. The number of anilines is 1. The van der Waals surface area contributed by atoms with Crippen molar-refractivity contribution in [3.8, 4) is 0 Å². The van der Waals surface area contributed by atoms with Crippen LogP contribution in [0.5, 0.6) is 0 Å². The summed E-state index contributed by atoms with van der Waals surface area (Å²) < 4.78 is 2.35. The van der Waals surface area contributed by atoms with Crippen molar-refractivity contribution in [2.24, 2.45) is 5.92 Å². The van der Waals surface area contributed by atoms with Crippen LogP contribution in [0.25, 0.3) is 0 Å². The molecule has 1 N–H and O–H groups in total. The minimum absolute atomic E-state index is 0.192. The average molecular weight is 392 g/mol. The summed E-state index contributed by atoms with van der Waals surface area (Å²) in [4.78, 5) is 14.6. The number of nitrogens with zero attached hydrogens (tertiary/aromatic N) is 4. The van der Waals surface area contributed by atoms with Crippen molar-refractivity contribution in [1.82, 2.24) is 20.1 Å². The van der Waals surface area contributed by atoms with Gasteiger partial charge in [0.1, 0.15) is 0 Å². The Morgan fingerprint density at radius 2 is 1.81 bits per heavy atom. The van der Waals surface area contributed by atoms with Crippen LogP contribution in [-0.4, -0.2) is 45.6 Å². The van der Waals surface area contributed by atoms with Crippen molar-refractivity contribution < 1.29 is 4.79 Å². The Morgan fingerprint density at radius 1 is 1.07 bits per heavy atom. The zero-order valence-corrected chi connectivity index (χ0v) is 17.3. The van der Waals surface area contributed by atoms with E-state index in [9.17, 15) is 4.79 Å². The molecule has 150 valence electrons. The Labute approximate surface area is 166 Å². The lowest BCUT2D eigenvalue weighted by Gasteiger charge is -2.31. The zero-order valence-electron chi connectivity index (χ0n) is 16.5. The molecule has 0 aromatic carbocycles. The first-order valence-corrected chi connectivity index (χ1v) is 11.8. The van der Waals surface area contributed by atoms with Crippen LogP contribution in [0.1, 0.15) is 77.2 Å². The molecule has 1 aliphatic heterocycles. The van der Waals surface area contributed by atoms with E-state index in [1.54, 1.807) is 11.8 Å². The van der Waals surface area contributed by atoms with Crippen LogP contribution in [0.3, 0.4) is 0 Å². The number of amides is 1. The molecule has 2 heterocycles. The summed E-state index contributed by atoms with van der Waals surface area (Å²) in [6, 6.07) is 0.965. The number of nitrogens with one attached hydrogen (secondary N) is 1. The molecule has 1 aromatic heterocycles. The maximum atomic E-state index is 12.2. The summed E-state index contributed by atoms with van der Waals surface area (Å²) in [5.74, 6) is 2.84. The number of thioether (sulfide) groups is 1. The lowest BCUT2D eigenvalue weighted by Crippen LogP contribution is -2.36. The summed E-state index contributed by atoms with van der Waals surface area (Å²) in [6.45, 7) is 4.50. The van der Waals surface area contributed by atoms with Crippen LogP contribution in [0, 0.1) is 5.92 Å². The van der Waals surface area contributed by atoms with E-state index in [4.69, 9.17) is 0 Å². The molecule has 27 heavy (non-hydrogen) atoms. The van der Waals surface area contributed by atoms with E-state index in [0.717, 1.165) is 48.7 Å². The molecule has 0 radical (unpaired) electrons. The van der Waals surface area contributed by atoms with Crippen LogP contribution in [0.15, 0.2) is 5.16 Å². The summed E-state index contributed by atoms with van der Waals surface area (Å²) in [7, 11) is 0. The minimum atomic E-state index is 0.192. The predicted octanol–water partition coefficient (Wildman–Crippen LogP) is 3.78. The van der Waals surface area contributed by atoms with Crippen LogP contribution in [0.4, 0.5) is 5.95 Å². The van der Waals surface area contributed by atoms with Crippen LogP contribution < -0.4 is 10.2 Å². The first kappa shape index (κ1) is 19.1. The normalized spacial score (nSPS) is 22.2. The minimum Gasteiger partial charge on any atom is -0.353 e. The van der Waals surface area contributed by atoms with E-state index in [1.807, 2.05) is 0 Å². The fraction of sp³-hybridized carbons (Fsp3) is 0.850. The molecule has 0 spiro atoms. The van der Waals surface area contributed by atoms with Gasteiger partial charge in [-0.1, -0.05) is 37.9 Å². The first-order chi connectivity index (χ1) is 13.2. The first-order valence-electron chi connectivity index (χ1n) is 10.8. The fourth-order valence-corrected chi connectivity index (χ4v) is 5.16. The average Bonchev–Trinajstić information content (AvgIpc) is 3.43. The third-order valence-corrected chi connectivity index (χ3v) is 7.10. The molecule has 1 saturated heterocycles. The Hall–Kier alpha value is -1.24. The number of hydrogen-bond donors (Lipinski definition) is 1. The molecule has 1 amide bonds. The molecule has 6 nitrogen and oxygen atoms in total. The third kappa shape index (κ3) is 4.98. The maximum absolute atomic E-state index is 12.2. The quantitative estimate of drug-likeness (QED) is 0.717. The van der Waals surface area contributed by atoms with Crippen molar-refractivity contribution in [3.63, 3.8) is 0 Å². The third-order valence-electron chi connectivity index (χ3n) is 6.16. The van der Waals surface area contributed by atoms with Gasteiger partial charge in [-0.15, -0.1) is 10.2 Å². The van der Waals surface area contributed by atoms with Gasteiger partial charge in [0.05, 0.1) is 0 Å². The lowest BCUT2D eigenvalue weighted by molar-refractivity contribution is -0.121. The molecular weight excluding hydrogens is 358 g/mol. The largest absolute Gasteiger partial charge is 0.353 e. The van der Waals surface area contributed by atoms with Gasteiger partial charge in [-0.3, -0.25) is 9.36 Å². The van der Waals surface area contributed by atoms with Gasteiger partial charge in [-0.2, -0.15) is 0 Å².